The molecule has 0 radical (unpaired) electrons. The molecule has 3 aliphatic rings. The molecular formula is C20H33N3O5. The van der Waals surface area contributed by atoms with Crippen molar-refractivity contribution < 1.29 is 23.9 Å². The van der Waals surface area contributed by atoms with Crippen LogP contribution in [0.1, 0.15) is 54.4 Å². The molecule has 1 spiro atoms. The summed E-state index contributed by atoms with van der Waals surface area (Å²) < 4.78 is 10.7. The summed E-state index contributed by atoms with van der Waals surface area (Å²) in [5.74, 6) is 0.878. The van der Waals surface area contributed by atoms with Gasteiger partial charge in [-0.2, -0.15) is 0 Å². The summed E-state index contributed by atoms with van der Waals surface area (Å²) in [5, 5.41) is 4.36. The van der Waals surface area contributed by atoms with E-state index in [9.17, 15) is 9.59 Å². The van der Waals surface area contributed by atoms with Gasteiger partial charge in [0.05, 0.1) is 31.0 Å². The zero-order valence-electron chi connectivity index (χ0n) is 17.9. The van der Waals surface area contributed by atoms with Crippen LogP contribution >= 0.6 is 0 Å². The van der Waals surface area contributed by atoms with E-state index in [-0.39, 0.29) is 18.0 Å². The van der Waals surface area contributed by atoms with Gasteiger partial charge in [-0.15, -0.1) is 0 Å². The number of hydrogen-bond acceptors (Lipinski definition) is 7. The van der Waals surface area contributed by atoms with E-state index in [0.717, 1.165) is 31.8 Å². The quantitative estimate of drug-likeness (QED) is 0.669. The predicted molar refractivity (Wildman–Crippen MR) is 104 cm³/mol. The van der Waals surface area contributed by atoms with Crippen molar-refractivity contribution in [1.29, 1.82) is 0 Å². The van der Waals surface area contributed by atoms with E-state index in [4.69, 9.17) is 14.3 Å². The minimum Gasteiger partial charge on any atom is -0.466 e. The zero-order valence-corrected chi connectivity index (χ0v) is 17.9. The van der Waals surface area contributed by atoms with E-state index in [1.54, 1.807) is 4.90 Å². The van der Waals surface area contributed by atoms with Crippen molar-refractivity contribution in [3.63, 3.8) is 0 Å². The SMILES string of the molecule is CCOC(=O)C1(C)CCN(C2=NOC3(CN(C(=O)OC(C)(C)C)C3)C2C)CC1. The highest BCUT2D eigenvalue weighted by Gasteiger charge is 2.58. The Bertz CT molecular complexity index is 655. The molecule has 2 saturated heterocycles. The first-order valence-electron chi connectivity index (χ1n) is 10.2. The lowest BCUT2D eigenvalue weighted by molar-refractivity contribution is -0.156. The van der Waals surface area contributed by atoms with E-state index in [0.29, 0.717) is 19.7 Å². The van der Waals surface area contributed by atoms with Crippen LogP contribution in [0.5, 0.6) is 0 Å². The van der Waals surface area contributed by atoms with Crippen LogP contribution in [0.2, 0.25) is 0 Å². The van der Waals surface area contributed by atoms with E-state index < -0.39 is 16.6 Å². The summed E-state index contributed by atoms with van der Waals surface area (Å²) in [4.78, 5) is 34.1. The molecule has 3 heterocycles. The number of amides is 1. The molecule has 0 aromatic carbocycles. The molecule has 1 amide bonds. The van der Waals surface area contributed by atoms with Crippen LogP contribution in [0.25, 0.3) is 0 Å². The second-order valence-corrected chi connectivity index (χ2v) is 9.43. The van der Waals surface area contributed by atoms with Gasteiger partial charge in [-0.05, 0) is 47.5 Å². The van der Waals surface area contributed by atoms with Crippen molar-refractivity contribution in [1.82, 2.24) is 9.80 Å². The molecule has 0 aromatic rings. The van der Waals surface area contributed by atoms with Crippen molar-refractivity contribution >= 4 is 17.9 Å². The largest absolute Gasteiger partial charge is 0.466 e. The molecular weight excluding hydrogens is 362 g/mol. The van der Waals surface area contributed by atoms with Gasteiger partial charge >= 0.3 is 12.1 Å². The number of oxime groups is 1. The standard InChI is InChI=1S/C20H33N3O5/c1-7-26-16(24)19(6)8-10-22(11-9-19)15-14(2)20(28-21-15)12-23(13-20)17(25)27-18(3,4)5/h14H,7-13H2,1-6H3. The molecule has 0 N–H and O–H groups in total. The van der Waals surface area contributed by atoms with Gasteiger partial charge in [-0.25, -0.2) is 4.79 Å². The van der Waals surface area contributed by atoms with Crippen molar-refractivity contribution in [3.05, 3.63) is 0 Å². The summed E-state index contributed by atoms with van der Waals surface area (Å²) in [6, 6.07) is 0. The van der Waals surface area contributed by atoms with Gasteiger partial charge in [0, 0.05) is 13.1 Å². The van der Waals surface area contributed by atoms with Crippen LogP contribution in [0.4, 0.5) is 4.79 Å². The molecule has 8 heteroatoms. The first-order valence-corrected chi connectivity index (χ1v) is 10.2. The Labute approximate surface area is 167 Å². The first-order chi connectivity index (χ1) is 13.0. The second kappa shape index (κ2) is 7.12. The molecule has 1 unspecified atom stereocenters. The third kappa shape index (κ3) is 3.78. The smallest absolute Gasteiger partial charge is 0.410 e. The number of likely N-dealkylation sites (tertiary alicyclic amines) is 2. The number of carbonyl (C=O) groups is 2. The Kier molecular flexibility index (Phi) is 5.27. The Morgan fingerprint density at radius 3 is 2.39 bits per heavy atom. The minimum absolute atomic E-state index is 0.0816. The maximum atomic E-state index is 12.2. The highest BCUT2D eigenvalue weighted by atomic mass is 16.7. The van der Waals surface area contributed by atoms with Gasteiger partial charge in [0.1, 0.15) is 5.60 Å². The normalized spacial score (nSPS) is 25.6. The van der Waals surface area contributed by atoms with Gasteiger partial charge in [0.2, 0.25) is 0 Å². The number of piperidine rings is 1. The molecule has 3 rings (SSSR count). The molecule has 158 valence electrons. The Hall–Kier alpha value is -1.99. The summed E-state index contributed by atoms with van der Waals surface area (Å²) in [6.07, 6.45) is 1.15. The van der Waals surface area contributed by atoms with Crippen LogP contribution in [0.3, 0.4) is 0 Å². The fourth-order valence-corrected chi connectivity index (χ4v) is 3.99. The van der Waals surface area contributed by atoms with Gasteiger partial charge in [-0.3, -0.25) is 9.69 Å². The van der Waals surface area contributed by atoms with Crippen molar-refractivity contribution in [2.24, 2.45) is 16.5 Å². The molecule has 2 fully saturated rings. The lowest BCUT2D eigenvalue weighted by Gasteiger charge is -2.48. The number of ether oxygens (including phenoxy) is 2. The van der Waals surface area contributed by atoms with Gasteiger partial charge in [0.15, 0.2) is 11.4 Å². The fraction of sp³-hybridized carbons (Fsp3) is 0.850. The lowest BCUT2D eigenvalue weighted by Crippen LogP contribution is -2.67. The number of esters is 1. The van der Waals surface area contributed by atoms with Gasteiger partial charge in [-0.1, -0.05) is 12.1 Å². The Morgan fingerprint density at radius 1 is 1.25 bits per heavy atom. The average Bonchev–Trinajstić information content (AvgIpc) is 2.90. The second-order valence-electron chi connectivity index (χ2n) is 9.43. The van der Waals surface area contributed by atoms with Crippen molar-refractivity contribution in [3.8, 4) is 0 Å². The summed E-state index contributed by atoms with van der Waals surface area (Å²) in [6.45, 7) is 14.3. The van der Waals surface area contributed by atoms with E-state index >= 15 is 0 Å². The summed E-state index contributed by atoms with van der Waals surface area (Å²) >= 11 is 0. The number of carbonyl (C=O) groups excluding carboxylic acids is 2. The predicted octanol–water partition coefficient (Wildman–Crippen LogP) is 2.62. The number of rotatable bonds is 2. The van der Waals surface area contributed by atoms with Crippen LogP contribution in [-0.4, -0.2) is 71.7 Å². The summed E-state index contributed by atoms with van der Waals surface area (Å²) in [5.41, 5.74) is -1.41. The third-order valence-electron chi connectivity index (χ3n) is 6.03. The van der Waals surface area contributed by atoms with Gasteiger partial charge < -0.3 is 19.2 Å². The maximum Gasteiger partial charge on any atom is 0.410 e. The van der Waals surface area contributed by atoms with E-state index in [1.165, 1.54) is 0 Å². The minimum atomic E-state index is -0.511. The number of hydrogen-bond donors (Lipinski definition) is 0. The zero-order chi connectivity index (χ0) is 20.7. The Morgan fingerprint density at radius 2 is 1.86 bits per heavy atom. The molecule has 0 aromatic heterocycles. The van der Waals surface area contributed by atoms with E-state index in [2.05, 4.69) is 17.0 Å². The van der Waals surface area contributed by atoms with Crippen molar-refractivity contribution in [2.75, 3.05) is 32.8 Å². The van der Waals surface area contributed by atoms with E-state index in [1.807, 2.05) is 34.6 Å². The number of nitrogens with zero attached hydrogens (tertiary/aromatic N) is 3. The summed E-state index contributed by atoms with van der Waals surface area (Å²) in [7, 11) is 0. The number of amidine groups is 1. The van der Waals surface area contributed by atoms with Crippen LogP contribution in [-0.2, 0) is 19.1 Å². The lowest BCUT2D eigenvalue weighted by atomic mass is 9.78. The molecule has 8 nitrogen and oxygen atoms in total. The molecule has 0 bridgehead atoms. The average molecular weight is 396 g/mol. The Balaban J connectivity index is 1.54. The third-order valence-corrected chi connectivity index (χ3v) is 6.03. The van der Waals surface area contributed by atoms with Crippen LogP contribution in [0, 0.1) is 11.3 Å². The first kappa shape index (κ1) is 20.7. The molecule has 0 aliphatic carbocycles. The van der Waals surface area contributed by atoms with Crippen molar-refractivity contribution in [2.45, 2.75) is 65.6 Å². The monoisotopic (exact) mass is 395 g/mol. The molecule has 1 atom stereocenters. The highest BCUT2D eigenvalue weighted by molar-refractivity contribution is 5.87. The van der Waals surface area contributed by atoms with Crippen LogP contribution in [0.15, 0.2) is 5.16 Å². The molecule has 28 heavy (non-hydrogen) atoms. The molecule has 0 saturated carbocycles. The topological polar surface area (TPSA) is 80.7 Å². The van der Waals surface area contributed by atoms with Crippen LogP contribution < -0.4 is 0 Å². The molecule has 3 aliphatic heterocycles. The maximum absolute atomic E-state index is 12.2. The highest BCUT2D eigenvalue weighted by Crippen LogP contribution is 2.41. The fourth-order valence-electron chi connectivity index (χ4n) is 3.99. The van der Waals surface area contributed by atoms with Gasteiger partial charge in [0.25, 0.3) is 0 Å².